The van der Waals surface area contributed by atoms with E-state index in [1.807, 2.05) is 0 Å². The lowest BCUT2D eigenvalue weighted by molar-refractivity contribution is -0.122. The van der Waals surface area contributed by atoms with Gasteiger partial charge in [0.2, 0.25) is 5.91 Å². The van der Waals surface area contributed by atoms with E-state index in [0.717, 1.165) is 0 Å². The molecule has 1 unspecified atom stereocenters. The quantitative estimate of drug-likeness (QED) is 0.825. The molecule has 0 aliphatic heterocycles. The van der Waals surface area contributed by atoms with E-state index in [9.17, 15) is 9.59 Å². The van der Waals surface area contributed by atoms with Gasteiger partial charge in [-0.1, -0.05) is 29.3 Å². The van der Waals surface area contributed by atoms with Gasteiger partial charge < -0.3 is 15.4 Å². The molecule has 0 heterocycles. The Kier molecular flexibility index (Phi) is 6.06. The normalized spacial score (nSPS) is 11.5. The second-order valence-corrected chi connectivity index (χ2v) is 5.90. The minimum atomic E-state index is -0.744. The summed E-state index contributed by atoms with van der Waals surface area (Å²) in [6, 6.07) is 11.6. The van der Waals surface area contributed by atoms with Gasteiger partial charge in [0.25, 0.3) is 5.91 Å². The van der Waals surface area contributed by atoms with Gasteiger partial charge >= 0.3 is 0 Å². The average Bonchev–Trinajstić information content (AvgIpc) is 2.50. The zero-order valence-electron chi connectivity index (χ0n) is 13.1. The molecule has 0 radical (unpaired) electrons. The van der Waals surface area contributed by atoms with Crippen LogP contribution in [0.2, 0.25) is 10.0 Å². The van der Waals surface area contributed by atoms with Crippen LogP contribution in [0.1, 0.15) is 13.8 Å². The van der Waals surface area contributed by atoms with Gasteiger partial charge in [0.15, 0.2) is 6.10 Å². The molecule has 2 N–H and O–H groups in total. The second kappa shape index (κ2) is 8.04. The number of carbonyl (C=O) groups excluding carboxylic acids is 2. The van der Waals surface area contributed by atoms with Crippen molar-refractivity contribution in [1.82, 2.24) is 0 Å². The first-order valence-electron chi connectivity index (χ1n) is 7.15. The van der Waals surface area contributed by atoms with Crippen LogP contribution in [0.5, 0.6) is 5.75 Å². The van der Waals surface area contributed by atoms with Crippen molar-refractivity contribution < 1.29 is 14.3 Å². The van der Waals surface area contributed by atoms with Crippen LogP contribution in [-0.2, 0) is 9.59 Å². The first-order valence-corrected chi connectivity index (χ1v) is 7.91. The van der Waals surface area contributed by atoms with E-state index in [0.29, 0.717) is 27.2 Å². The van der Waals surface area contributed by atoms with E-state index in [4.69, 9.17) is 27.9 Å². The fraction of sp³-hybridized carbons (Fsp3) is 0.176. The number of nitrogens with one attached hydrogen (secondary N) is 2. The Bertz CT molecular complexity index is 765. The molecule has 1 atom stereocenters. The molecule has 0 saturated carbocycles. The molecular formula is C17H16Cl2N2O3. The summed E-state index contributed by atoms with van der Waals surface area (Å²) in [6.45, 7) is 3.04. The Morgan fingerprint density at radius 2 is 1.67 bits per heavy atom. The molecule has 0 saturated heterocycles. The lowest BCUT2D eigenvalue weighted by Crippen LogP contribution is -2.30. The van der Waals surface area contributed by atoms with Gasteiger partial charge in [-0.3, -0.25) is 9.59 Å². The third-order valence-corrected chi connectivity index (χ3v) is 3.76. The topological polar surface area (TPSA) is 67.4 Å². The van der Waals surface area contributed by atoms with E-state index in [2.05, 4.69) is 10.6 Å². The van der Waals surface area contributed by atoms with Crippen LogP contribution in [0, 0.1) is 0 Å². The molecule has 0 spiro atoms. The monoisotopic (exact) mass is 366 g/mol. The summed E-state index contributed by atoms with van der Waals surface area (Å²) in [7, 11) is 0. The predicted molar refractivity (Wildman–Crippen MR) is 95.9 cm³/mol. The van der Waals surface area contributed by atoms with Gasteiger partial charge in [0.1, 0.15) is 5.75 Å². The summed E-state index contributed by atoms with van der Waals surface area (Å²) in [5, 5.41) is 6.14. The maximum absolute atomic E-state index is 12.2. The molecule has 7 heteroatoms. The number of hydrogen-bond acceptors (Lipinski definition) is 3. The van der Waals surface area contributed by atoms with E-state index in [1.165, 1.54) is 6.92 Å². The Morgan fingerprint density at radius 1 is 1.00 bits per heavy atom. The van der Waals surface area contributed by atoms with Gasteiger partial charge in [0, 0.05) is 24.4 Å². The van der Waals surface area contributed by atoms with Gasteiger partial charge in [-0.2, -0.15) is 0 Å². The van der Waals surface area contributed by atoms with E-state index >= 15 is 0 Å². The SMILES string of the molecule is CC(=O)Nc1cccc(NC(=O)C(C)Oc2ccc(Cl)c(Cl)c2)c1. The van der Waals surface area contributed by atoms with Crippen LogP contribution in [0.4, 0.5) is 11.4 Å². The van der Waals surface area contributed by atoms with Crippen molar-refractivity contribution >= 4 is 46.4 Å². The highest BCUT2D eigenvalue weighted by molar-refractivity contribution is 6.42. The molecule has 24 heavy (non-hydrogen) atoms. The number of rotatable bonds is 5. The standard InChI is InChI=1S/C17H16Cl2N2O3/c1-10(24-14-6-7-15(18)16(19)9-14)17(23)21-13-5-3-4-12(8-13)20-11(2)22/h3-10H,1-2H3,(H,20,22)(H,21,23). The summed E-state index contributed by atoms with van der Waals surface area (Å²) < 4.78 is 5.55. The molecule has 5 nitrogen and oxygen atoms in total. The molecule has 2 amide bonds. The molecule has 126 valence electrons. The first kappa shape index (κ1) is 18.1. The fourth-order valence-electron chi connectivity index (χ4n) is 1.93. The van der Waals surface area contributed by atoms with Crippen molar-refractivity contribution in [2.24, 2.45) is 0 Å². The van der Waals surface area contributed by atoms with Gasteiger partial charge in [-0.15, -0.1) is 0 Å². The summed E-state index contributed by atoms with van der Waals surface area (Å²) in [5.41, 5.74) is 1.15. The number of hydrogen-bond donors (Lipinski definition) is 2. The van der Waals surface area contributed by atoms with Crippen molar-refractivity contribution in [2.45, 2.75) is 20.0 Å². The van der Waals surface area contributed by atoms with Crippen LogP contribution in [-0.4, -0.2) is 17.9 Å². The molecule has 2 aromatic rings. The van der Waals surface area contributed by atoms with Crippen molar-refractivity contribution in [2.75, 3.05) is 10.6 Å². The van der Waals surface area contributed by atoms with E-state index in [1.54, 1.807) is 49.4 Å². The van der Waals surface area contributed by atoms with Crippen LogP contribution in [0.3, 0.4) is 0 Å². The number of anilines is 2. The van der Waals surface area contributed by atoms with Gasteiger partial charge in [0.05, 0.1) is 10.0 Å². The summed E-state index contributed by atoms with van der Waals surface area (Å²) in [4.78, 5) is 23.3. The van der Waals surface area contributed by atoms with Crippen molar-refractivity contribution in [3.05, 3.63) is 52.5 Å². The highest BCUT2D eigenvalue weighted by Crippen LogP contribution is 2.27. The molecule has 2 aromatic carbocycles. The Hall–Kier alpha value is -2.24. The second-order valence-electron chi connectivity index (χ2n) is 5.09. The Balaban J connectivity index is 2.00. The number of ether oxygens (including phenoxy) is 1. The van der Waals surface area contributed by atoms with Crippen molar-refractivity contribution in [3.8, 4) is 5.75 Å². The number of amides is 2. The number of halogens is 2. The maximum Gasteiger partial charge on any atom is 0.265 e. The zero-order valence-corrected chi connectivity index (χ0v) is 14.6. The maximum atomic E-state index is 12.2. The smallest absolute Gasteiger partial charge is 0.265 e. The summed E-state index contributed by atoms with van der Waals surface area (Å²) in [6.07, 6.45) is -0.744. The fourth-order valence-corrected chi connectivity index (χ4v) is 2.22. The molecule has 0 bridgehead atoms. The molecule has 0 aromatic heterocycles. The number of carbonyl (C=O) groups is 2. The first-order chi connectivity index (χ1) is 11.3. The van der Waals surface area contributed by atoms with Gasteiger partial charge in [-0.05, 0) is 37.3 Å². The summed E-state index contributed by atoms with van der Waals surface area (Å²) >= 11 is 11.8. The average molecular weight is 367 g/mol. The van der Waals surface area contributed by atoms with Crippen molar-refractivity contribution in [3.63, 3.8) is 0 Å². The predicted octanol–water partition coefficient (Wildman–Crippen LogP) is 4.36. The number of benzene rings is 2. The van der Waals surface area contributed by atoms with Crippen LogP contribution < -0.4 is 15.4 Å². The molecule has 0 fully saturated rings. The minimum absolute atomic E-state index is 0.185. The molecule has 2 rings (SSSR count). The molecule has 0 aliphatic rings. The van der Waals surface area contributed by atoms with Crippen LogP contribution in [0.25, 0.3) is 0 Å². The zero-order chi connectivity index (χ0) is 17.7. The lowest BCUT2D eigenvalue weighted by atomic mass is 10.2. The molecule has 0 aliphatic carbocycles. The Labute approximate surface area is 149 Å². The van der Waals surface area contributed by atoms with Crippen LogP contribution in [0.15, 0.2) is 42.5 Å². The highest BCUT2D eigenvalue weighted by Gasteiger charge is 2.15. The third kappa shape index (κ3) is 5.15. The minimum Gasteiger partial charge on any atom is -0.481 e. The largest absolute Gasteiger partial charge is 0.481 e. The highest BCUT2D eigenvalue weighted by atomic mass is 35.5. The van der Waals surface area contributed by atoms with Crippen molar-refractivity contribution in [1.29, 1.82) is 0 Å². The van der Waals surface area contributed by atoms with Crippen LogP contribution >= 0.6 is 23.2 Å². The third-order valence-electron chi connectivity index (χ3n) is 3.02. The molecular weight excluding hydrogens is 351 g/mol. The van der Waals surface area contributed by atoms with Gasteiger partial charge in [-0.25, -0.2) is 0 Å². The van der Waals surface area contributed by atoms with E-state index in [-0.39, 0.29) is 11.8 Å². The Morgan fingerprint density at radius 3 is 2.29 bits per heavy atom. The van der Waals surface area contributed by atoms with E-state index < -0.39 is 6.10 Å². The summed E-state index contributed by atoms with van der Waals surface area (Å²) in [5.74, 6) is -0.0742. The lowest BCUT2D eigenvalue weighted by Gasteiger charge is -2.15.